The summed E-state index contributed by atoms with van der Waals surface area (Å²) in [7, 11) is 0. The summed E-state index contributed by atoms with van der Waals surface area (Å²) in [6.45, 7) is 1.60. The van der Waals surface area contributed by atoms with E-state index in [2.05, 4.69) is 22.7 Å². The first kappa shape index (κ1) is 20.3. The lowest BCUT2D eigenvalue weighted by atomic mass is 10.0. The van der Waals surface area contributed by atoms with Crippen LogP contribution in [0.2, 0.25) is 0 Å². The standard InChI is InChI=1S/C24H18N4O2/c1-17(20-6-2-18(14-25)3-7-20)27-28-24(29)16-30-23-12-10-22(11-13-23)21-8-4-19(15-26)5-9-21/h2-13H,16H2,1H3,(H,28,29)/b27-17-. The van der Waals surface area contributed by atoms with E-state index in [-0.39, 0.29) is 12.5 Å². The highest BCUT2D eigenvalue weighted by molar-refractivity contribution is 5.99. The van der Waals surface area contributed by atoms with Gasteiger partial charge in [-0.05, 0) is 60.0 Å². The lowest BCUT2D eigenvalue weighted by Gasteiger charge is -2.07. The topological polar surface area (TPSA) is 98.3 Å². The maximum atomic E-state index is 12.0. The van der Waals surface area contributed by atoms with Gasteiger partial charge in [0.2, 0.25) is 0 Å². The monoisotopic (exact) mass is 394 g/mol. The molecule has 0 radical (unpaired) electrons. The Morgan fingerprint density at radius 3 is 1.90 bits per heavy atom. The Labute approximate surface area is 174 Å². The first-order chi connectivity index (χ1) is 14.6. The quantitative estimate of drug-likeness (QED) is 0.504. The third-order valence-electron chi connectivity index (χ3n) is 4.35. The van der Waals surface area contributed by atoms with E-state index in [0.717, 1.165) is 16.7 Å². The molecule has 1 N–H and O–H groups in total. The van der Waals surface area contributed by atoms with Crippen LogP contribution in [0.15, 0.2) is 77.9 Å². The number of nitriles is 2. The molecule has 0 aliphatic carbocycles. The number of hydrazone groups is 1. The summed E-state index contributed by atoms with van der Waals surface area (Å²) in [6.07, 6.45) is 0. The molecule has 0 aliphatic rings. The van der Waals surface area contributed by atoms with Crippen molar-refractivity contribution >= 4 is 11.6 Å². The van der Waals surface area contributed by atoms with Crippen LogP contribution in [0.3, 0.4) is 0 Å². The van der Waals surface area contributed by atoms with E-state index in [9.17, 15) is 4.79 Å². The number of benzene rings is 3. The minimum atomic E-state index is -0.376. The molecule has 6 heteroatoms. The molecule has 30 heavy (non-hydrogen) atoms. The fourth-order valence-corrected chi connectivity index (χ4v) is 2.66. The van der Waals surface area contributed by atoms with Crippen LogP contribution in [-0.4, -0.2) is 18.2 Å². The minimum absolute atomic E-state index is 0.166. The van der Waals surface area contributed by atoms with Gasteiger partial charge in [-0.2, -0.15) is 15.6 Å². The van der Waals surface area contributed by atoms with Crippen molar-refractivity contribution < 1.29 is 9.53 Å². The normalized spacial score (nSPS) is 10.6. The van der Waals surface area contributed by atoms with E-state index < -0.39 is 0 Å². The van der Waals surface area contributed by atoms with Gasteiger partial charge in [-0.15, -0.1) is 0 Å². The molecule has 0 saturated carbocycles. The second-order valence-corrected chi connectivity index (χ2v) is 6.42. The Bertz CT molecular complexity index is 1130. The molecule has 0 fully saturated rings. The number of amides is 1. The molecule has 0 saturated heterocycles. The molecule has 146 valence electrons. The van der Waals surface area contributed by atoms with Gasteiger partial charge in [-0.25, -0.2) is 5.43 Å². The molecule has 3 aromatic rings. The van der Waals surface area contributed by atoms with Gasteiger partial charge in [0.1, 0.15) is 5.75 Å². The first-order valence-electron chi connectivity index (χ1n) is 9.16. The van der Waals surface area contributed by atoms with Gasteiger partial charge in [-0.1, -0.05) is 36.4 Å². The Hall–Kier alpha value is -4.42. The summed E-state index contributed by atoms with van der Waals surface area (Å²) < 4.78 is 5.50. The highest BCUT2D eigenvalue weighted by Crippen LogP contribution is 2.22. The van der Waals surface area contributed by atoms with Gasteiger partial charge in [0, 0.05) is 0 Å². The van der Waals surface area contributed by atoms with Crippen molar-refractivity contribution in [1.29, 1.82) is 10.5 Å². The summed E-state index contributed by atoms with van der Waals surface area (Å²) >= 11 is 0. The van der Waals surface area contributed by atoms with Crippen LogP contribution in [0.4, 0.5) is 0 Å². The van der Waals surface area contributed by atoms with Gasteiger partial charge < -0.3 is 4.74 Å². The Morgan fingerprint density at radius 2 is 1.37 bits per heavy atom. The lowest BCUT2D eigenvalue weighted by Crippen LogP contribution is -2.25. The van der Waals surface area contributed by atoms with Gasteiger partial charge in [0.25, 0.3) is 5.91 Å². The van der Waals surface area contributed by atoms with Crippen molar-refractivity contribution in [3.8, 4) is 29.0 Å². The van der Waals surface area contributed by atoms with Gasteiger partial charge in [-0.3, -0.25) is 4.79 Å². The number of hydrogen-bond acceptors (Lipinski definition) is 5. The molecule has 0 spiro atoms. The largest absolute Gasteiger partial charge is 0.484 e. The van der Waals surface area contributed by atoms with E-state index >= 15 is 0 Å². The molecule has 6 nitrogen and oxygen atoms in total. The second kappa shape index (κ2) is 9.68. The van der Waals surface area contributed by atoms with E-state index in [1.807, 2.05) is 24.3 Å². The molecule has 3 aromatic carbocycles. The summed E-state index contributed by atoms with van der Waals surface area (Å²) in [5, 5.41) is 21.8. The smallest absolute Gasteiger partial charge is 0.277 e. The highest BCUT2D eigenvalue weighted by atomic mass is 16.5. The van der Waals surface area contributed by atoms with Crippen molar-refractivity contribution in [1.82, 2.24) is 5.43 Å². The van der Waals surface area contributed by atoms with Crippen molar-refractivity contribution in [2.45, 2.75) is 6.92 Å². The Morgan fingerprint density at radius 1 is 0.867 bits per heavy atom. The number of nitrogens with one attached hydrogen (secondary N) is 1. The predicted molar refractivity (Wildman–Crippen MR) is 114 cm³/mol. The van der Waals surface area contributed by atoms with Crippen molar-refractivity contribution in [2.75, 3.05) is 6.61 Å². The molecule has 1 amide bonds. The number of rotatable bonds is 6. The zero-order valence-electron chi connectivity index (χ0n) is 16.3. The summed E-state index contributed by atoms with van der Waals surface area (Å²) in [5.74, 6) is 0.189. The number of carbonyl (C=O) groups is 1. The molecule has 0 unspecified atom stereocenters. The third kappa shape index (κ3) is 5.31. The zero-order chi connectivity index (χ0) is 21.3. The summed E-state index contributed by atoms with van der Waals surface area (Å²) in [5.41, 5.74) is 7.05. The fourth-order valence-electron chi connectivity index (χ4n) is 2.66. The molecular weight excluding hydrogens is 376 g/mol. The molecule has 3 rings (SSSR count). The first-order valence-corrected chi connectivity index (χ1v) is 9.16. The van der Waals surface area contributed by atoms with Crippen LogP contribution in [0.5, 0.6) is 5.75 Å². The van der Waals surface area contributed by atoms with Crippen LogP contribution in [0, 0.1) is 22.7 Å². The molecule has 0 heterocycles. The average molecular weight is 394 g/mol. The summed E-state index contributed by atoms with van der Waals surface area (Å²) in [4.78, 5) is 12.0. The average Bonchev–Trinajstić information content (AvgIpc) is 2.81. The number of hydrogen-bond donors (Lipinski definition) is 1. The highest BCUT2D eigenvalue weighted by Gasteiger charge is 2.04. The van der Waals surface area contributed by atoms with Gasteiger partial charge in [0.05, 0.1) is 29.0 Å². The van der Waals surface area contributed by atoms with Gasteiger partial charge >= 0.3 is 0 Å². The third-order valence-corrected chi connectivity index (χ3v) is 4.35. The molecule has 0 aromatic heterocycles. The van der Waals surface area contributed by atoms with Crippen molar-refractivity contribution in [3.63, 3.8) is 0 Å². The lowest BCUT2D eigenvalue weighted by molar-refractivity contribution is -0.123. The molecular formula is C24H18N4O2. The molecule has 0 atom stereocenters. The number of nitrogens with zero attached hydrogens (tertiary/aromatic N) is 3. The number of carbonyl (C=O) groups excluding carboxylic acids is 1. The number of ether oxygens (including phenoxy) is 1. The van der Waals surface area contributed by atoms with Crippen LogP contribution in [-0.2, 0) is 4.79 Å². The van der Waals surface area contributed by atoms with E-state index in [4.69, 9.17) is 15.3 Å². The van der Waals surface area contributed by atoms with Crippen LogP contribution >= 0.6 is 0 Å². The van der Waals surface area contributed by atoms with E-state index in [1.54, 1.807) is 55.5 Å². The fraction of sp³-hybridized carbons (Fsp3) is 0.0833. The summed E-state index contributed by atoms with van der Waals surface area (Å²) in [6, 6.07) is 25.7. The Kier molecular flexibility index (Phi) is 6.55. The van der Waals surface area contributed by atoms with Crippen molar-refractivity contribution in [3.05, 3.63) is 89.5 Å². The van der Waals surface area contributed by atoms with E-state index in [1.165, 1.54) is 0 Å². The predicted octanol–water partition coefficient (Wildman–Crippen LogP) is 4.02. The van der Waals surface area contributed by atoms with Gasteiger partial charge in [0.15, 0.2) is 6.61 Å². The molecule has 0 bridgehead atoms. The maximum absolute atomic E-state index is 12.0. The maximum Gasteiger partial charge on any atom is 0.277 e. The minimum Gasteiger partial charge on any atom is -0.484 e. The SMILES string of the molecule is C/C(=N/NC(=O)COc1ccc(-c2ccc(C#N)cc2)cc1)c1ccc(C#N)cc1. The van der Waals surface area contributed by atoms with Crippen LogP contribution in [0.25, 0.3) is 11.1 Å². The van der Waals surface area contributed by atoms with Crippen molar-refractivity contribution in [2.24, 2.45) is 5.10 Å². The Balaban J connectivity index is 1.52. The molecule has 0 aliphatic heterocycles. The zero-order valence-corrected chi connectivity index (χ0v) is 16.3. The van der Waals surface area contributed by atoms with E-state index in [0.29, 0.717) is 22.6 Å². The van der Waals surface area contributed by atoms with Crippen LogP contribution < -0.4 is 10.2 Å². The van der Waals surface area contributed by atoms with Crippen LogP contribution in [0.1, 0.15) is 23.6 Å². The second-order valence-electron chi connectivity index (χ2n) is 6.42.